The van der Waals surface area contributed by atoms with E-state index in [0.717, 1.165) is 12.1 Å². The number of hydrogen-bond donors (Lipinski definition) is 0. The van der Waals surface area contributed by atoms with E-state index in [1.54, 1.807) is 6.92 Å². The Balaban J connectivity index is 2.84. The molecule has 0 spiro atoms. The first-order chi connectivity index (χ1) is 8.37. The molecule has 0 amide bonds. The molecule has 100 valence electrons. The number of rotatable bonds is 5. The molecule has 0 aliphatic heterocycles. The lowest BCUT2D eigenvalue weighted by atomic mass is 10.0. The largest absolute Gasteiger partial charge is 0.573 e. The highest BCUT2D eigenvalue weighted by Gasteiger charge is 2.31. The van der Waals surface area contributed by atoms with Crippen LogP contribution in [0.4, 0.5) is 13.2 Å². The summed E-state index contributed by atoms with van der Waals surface area (Å²) in [6.07, 6.45) is -5.18. The molecule has 18 heavy (non-hydrogen) atoms. The van der Waals surface area contributed by atoms with Gasteiger partial charge in [-0.1, -0.05) is 19.1 Å². The van der Waals surface area contributed by atoms with Gasteiger partial charge < -0.3 is 9.47 Å². The third-order valence-corrected chi connectivity index (χ3v) is 2.29. The number of ether oxygens (including phenoxy) is 2. The Morgan fingerprint density at radius 3 is 2.22 bits per heavy atom. The molecule has 0 aliphatic rings. The van der Waals surface area contributed by atoms with Crippen molar-refractivity contribution in [3.8, 4) is 5.75 Å². The van der Waals surface area contributed by atoms with E-state index in [9.17, 15) is 18.0 Å². The van der Waals surface area contributed by atoms with Crippen LogP contribution in [0.3, 0.4) is 0 Å². The molecule has 0 fully saturated rings. The number of hydrogen-bond acceptors (Lipinski definition) is 3. The van der Waals surface area contributed by atoms with Crippen LogP contribution in [-0.4, -0.2) is 19.3 Å². The quantitative estimate of drug-likeness (QED) is 0.817. The van der Waals surface area contributed by atoms with Crippen molar-refractivity contribution in [3.05, 3.63) is 29.8 Å². The molecule has 0 saturated carbocycles. The summed E-state index contributed by atoms with van der Waals surface area (Å²) < 4.78 is 44.6. The van der Waals surface area contributed by atoms with E-state index in [1.807, 2.05) is 0 Å². The summed E-state index contributed by atoms with van der Waals surface area (Å²) in [6, 6.07) is 5.06. The monoisotopic (exact) mass is 262 g/mol. The summed E-state index contributed by atoms with van der Waals surface area (Å²) in [5, 5.41) is 0. The molecular weight excluding hydrogens is 249 g/mol. The van der Waals surface area contributed by atoms with Gasteiger partial charge in [-0.25, -0.2) is 0 Å². The fraction of sp³-hybridized carbons (Fsp3) is 0.417. The van der Waals surface area contributed by atoms with Crippen LogP contribution in [0.15, 0.2) is 24.3 Å². The van der Waals surface area contributed by atoms with Gasteiger partial charge in [-0.2, -0.15) is 0 Å². The third-order valence-electron chi connectivity index (χ3n) is 2.29. The van der Waals surface area contributed by atoms with E-state index in [4.69, 9.17) is 4.74 Å². The molecule has 1 rings (SSSR count). The first-order valence-electron chi connectivity index (χ1n) is 5.28. The summed E-state index contributed by atoms with van der Waals surface area (Å²) in [6.45, 7) is 1.69. The van der Waals surface area contributed by atoms with E-state index < -0.39 is 12.5 Å². The number of methoxy groups -OCH3 is 1. The molecule has 1 aromatic rings. The summed E-state index contributed by atoms with van der Waals surface area (Å²) in [5.74, 6) is -0.466. The van der Waals surface area contributed by atoms with Crippen molar-refractivity contribution in [2.24, 2.45) is 0 Å². The number of carbonyl (C=O) groups is 1. The Labute approximate surface area is 103 Å². The number of alkyl halides is 3. The lowest BCUT2D eigenvalue weighted by Gasteiger charge is -2.14. The van der Waals surface area contributed by atoms with Crippen molar-refractivity contribution in [2.75, 3.05) is 7.11 Å². The van der Waals surface area contributed by atoms with Crippen LogP contribution in [0.5, 0.6) is 5.75 Å². The van der Waals surface area contributed by atoms with Crippen LogP contribution in [-0.2, 0) is 9.53 Å². The highest BCUT2D eigenvalue weighted by Crippen LogP contribution is 2.26. The fourth-order valence-corrected chi connectivity index (χ4v) is 1.48. The second kappa shape index (κ2) is 5.86. The molecule has 0 heterocycles. The summed E-state index contributed by atoms with van der Waals surface area (Å²) in [4.78, 5) is 11.5. The zero-order valence-electron chi connectivity index (χ0n) is 9.95. The van der Waals surface area contributed by atoms with E-state index in [2.05, 4.69) is 4.74 Å². The van der Waals surface area contributed by atoms with E-state index >= 15 is 0 Å². The normalized spacial score (nSPS) is 13.2. The van der Waals surface area contributed by atoms with Crippen LogP contribution in [0.1, 0.15) is 25.0 Å². The predicted octanol–water partition coefficient (Wildman–Crippen LogP) is 3.25. The van der Waals surface area contributed by atoms with Crippen molar-refractivity contribution in [1.29, 1.82) is 0 Å². The van der Waals surface area contributed by atoms with Crippen LogP contribution in [0.2, 0.25) is 0 Å². The summed E-state index contributed by atoms with van der Waals surface area (Å²) in [7, 11) is 1.37. The molecule has 1 aromatic carbocycles. The Kier molecular flexibility index (Phi) is 4.72. The minimum Gasteiger partial charge on any atom is -0.406 e. The van der Waals surface area contributed by atoms with Gasteiger partial charge in [0.2, 0.25) is 0 Å². The van der Waals surface area contributed by atoms with E-state index in [0.29, 0.717) is 12.0 Å². The smallest absolute Gasteiger partial charge is 0.406 e. The molecule has 0 N–H and O–H groups in total. The van der Waals surface area contributed by atoms with Gasteiger partial charge in [0.25, 0.3) is 0 Å². The van der Waals surface area contributed by atoms with Gasteiger partial charge >= 0.3 is 6.36 Å². The molecule has 0 aliphatic carbocycles. The van der Waals surface area contributed by atoms with Gasteiger partial charge in [0, 0.05) is 13.5 Å². The second-order valence-electron chi connectivity index (χ2n) is 3.55. The molecular formula is C12H13F3O3. The zero-order valence-corrected chi connectivity index (χ0v) is 9.95. The Bertz CT molecular complexity index is 398. The van der Waals surface area contributed by atoms with Gasteiger partial charge in [-0.15, -0.1) is 13.2 Å². The molecule has 0 aromatic heterocycles. The number of carbonyl (C=O) groups excluding carboxylic acids is 1. The average Bonchev–Trinajstić information content (AvgIpc) is 2.30. The van der Waals surface area contributed by atoms with Gasteiger partial charge in [0.15, 0.2) is 5.78 Å². The molecule has 6 heteroatoms. The molecule has 0 bridgehead atoms. The average molecular weight is 262 g/mol. The number of halogens is 3. The van der Waals surface area contributed by atoms with Crippen LogP contribution in [0, 0.1) is 0 Å². The molecule has 3 nitrogen and oxygen atoms in total. The second-order valence-corrected chi connectivity index (χ2v) is 3.55. The summed E-state index contributed by atoms with van der Waals surface area (Å²) >= 11 is 0. The van der Waals surface area contributed by atoms with E-state index in [-0.39, 0.29) is 11.5 Å². The van der Waals surface area contributed by atoms with Crippen molar-refractivity contribution >= 4 is 5.78 Å². The maximum Gasteiger partial charge on any atom is 0.573 e. The van der Waals surface area contributed by atoms with Crippen LogP contribution < -0.4 is 4.74 Å². The van der Waals surface area contributed by atoms with Gasteiger partial charge in [-0.3, -0.25) is 4.79 Å². The minimum absolute atomic E-state index is 0.137. The lowest BCUT2D eigenvalue weighted by Crippen LogP contribution is -2.17. The molecule has 0 saturated heterocycles. The summed E-state index contributed by atoms with van der Waals surface area (Å²) in [5.41, 5.74) is 0.499. The Hall–Kier alpha value is -1.56. The highest BCUT2D eigenvalue weighted by atomic mass is 19.4. The Morgan fingerprint density at radius 2 is 1.83 bits per heavy atom. The van der Waals surface area contributed by atoms with Crippen LogP contribution in [0.25, 0.3) is 0 Å². The van der Waals surface area contributed by atoms with E-state index in [1.165, 1.54) is 19.2 Å². The fourth-order valence-electron chi connectivity index (χ4n) is 1.48. The first kappa shape index (κ1) is 14.5. The number of benzene rings is 1. The van der Waals surface area contributed by atoms with Gasteiger partial charge in [0.1, 0.15) is 11.9 Å². The van der Waals surface area contributed by atoms with Crippen molar-refractivity contribution in [2.45, 2.75) is 25.8 Å². The van der Waals surface area contributed by atoms with Gasteiger partial charge in [-0.05, 0) is 17.7 Å². The SMILES string of the molecule is CCC(=O)C(OC)c1ccc(OC(F)(F)F)cc1. The minimum atomic E-state index is -4.72. The zero-order chi connectivity index (χ0) is 13.8. The topological polar surface area (TPSA) is 35.5 Å². The number of ketones is 1. The number of Topliss-reactive ketones (excluding diaryl/α,β-unsaturated/α-hetero) is 1. The third kappa shape index (κ3) is 4.03. The maximum absolute atomic E-state index is 11.9. The first-order valence-corrected chi connectivity index (χ1v) is 5.28. The lowest BCUT2D eigenvalue weighted by molar-refractivity contribution is -0.274. The van der Waals surface area contributed by atoms with Crippen molar-refractivity contribution < 1.29 is 27.4 Å². The maximum atomic E-state index is 11.9. The Morgan fingerprint density at radius 1 is 1.28 bits per heavy atom. The molecule has 1 atom stereocenters. The molecule has 0 radical (unpaired) electrons. The predicted molar refractivity (Wildman–Crippen MR) is 58.2 cm³/mol. The van der Waals surface area contributed by atoms with Crippen molar-refractivity contribution in [1.82, 2.24) is 0 Å². The standard InChI is InChI=1S/C12H13F3O3/c1-3-10(16)11(17-2)8-4-6-9(7-5-8)18-12(13,14)15/h4-7,11H,3H2,1-2H3. The van der Waals surface area contributed by atoms with Crippen molar-refractivity contribution in [3.63, 3.8) is 0 Å². The van der Waals surface area contributed by atoms with Crippen LogP contribution >= 0.6 is 0 Å². The highest BCUT2D eigenvalue weighted by molar-refractivity contribution is 5.84. The molecule has 1 unspecified atom stereocenters. The van der Waals surface area contributed by atoms with Gasteiger partial charge in [0.05, 0.1) is 0 Å².